The lowest BCUT2D eigenvalue weighted by atomic mass is 10.1. The molecule has 19 heavy (non-hydrogen) atoms. The number of benzene rings is 1. The maximum atomic E-state index is 11.6. The van der Waals surface area contributed by atoms with Crippen molar-refractivity contribution in [3.05, 3.63) is 35.9 Å². The van der Waals surface area contributed by atoms with Crippen molar-refractivity contribution in [1.29, 1.82) is 0 Å². The summed E-state index contributed by atoms with van der Waals surface area (Å²) in [5.41, 5.74) is -1.24. The predicted molar refractivity (Wildman–Crippen MR) is 66.9 cm³/mol. The van der Waals surface area contributed by atoms with E-state index in [2.05, 4.69) is 14.8 Å². The molecule has 0 aliphatic carbocycles. The number of hydrogen-bond donors (Lipinski definition) is 2. The predicted octanol–water partition coefficient (Wildman–Crippen LogP) is 0.201. The molecule has 1 aromatic carbocycles. The number of rotatable bonds is 6. The zero-order valence-electron chi connectivity index (χ0n) is 10.9. The second-order valence-corrected chi connectivity index (χ2v) is 3.94. The molecule has 1 rings (SSSR count). The molecule has 0 fully saturated rings. The Morgan fingerprint density at radius 1 is 1.21 bits per heavy atom. The maximum absolute atomic E-state index is 11.6. The maximum Gasteiger partial charge on any atom is 0.354 e. The van der Waals surface area contributed by atoms with Gasteiger partial charge in [0.2, 0.25) is 5.72 Å². The molecule has 0 aromatic heterocycles. The summed E-state index contributed by atoms with van der Waals surface area (Å²) in [6.45, 7) is 0.212. The Morgan fingerprint density at radius 3 is 2.37 bits per heavy atom. The summed E-state index contributed by atoms with van der Waals surface area (Å²) in [4.78, 5) is 22.8. The molecule has 0 saturated carbocycles. The topological polar surface area (TPSA) is 84.9 Å². The van der Waals surface area contributed by atoms with Crippen LogP contribution in [0.3, 0.4) is 0 Å². The molecule has 1 aromatic rings. The highest BCUT2D eigenvalue weighted by atomic mass is 16.5. The van der Waals surface area contributed by atoms with E-state index in [1.165, 1.54) is 7.11 Å². The molecule has 2 N–H and O–H groups in total. The quantitative estimate of drug-likeness (QED) is 0.566. The summed E-state index contributed by atoms with van der Waals surface area (Å²) in [5.74, 6) is -1.65. The molecule has 0 spiro atoms. The molecule has 0 amide bonds. The zero-order chi connectivity index (χ0) is 14.3. The van der Waals surface area contributed by atoms with Gasteiger partial charge in [0.15, 0.2) is 0 Å². The minimum absolute atomic E-state index is 0.212. The third-order valence-electron chi connectivity index (χ3n) is 2.58. The van der Waals surface area contributed by atoms with Gasteiger partial charge in [0.25, 0.3) is 0 Å². The second kappa shape index (κ2) is 6.86. The van der Waals surface area contributed by atoms with E-state index in [0.717, 1.165) is 12.7 Å². The van der Waals surface area contributed by atoms with Crippen LogP contribution in [0.15, 0.2) is 30.3 Å². The van der Waals surface area contributed by atoms with Gasteiger partial charge in [-0.2, -0.15) is 0 Å². The first kappa shape index (κ1) is 15.1. The molecule has 6 heteroatoms. The monoisotopic (exact) mass is 267 g/mol. The van der Waals surface area contributed by atoms with Gasteiger partial charge in [-0.15, -0.1) is 0 Å². The van der Waals surface area contributed by atoms with Crippen molar-refractivity contribution in [2.75, 3.05) is 14.2 Å². The highest BCUT2D eigenvalue weighted by Crippen LogP contribution is 2.11. The molecular weight excluding hydrogens is 250 g/mol. The molecule has 1 unspecified atom stereocenters. The summed E-state index contributed by atoms with van der Waals surface area (Å²) in [5, 5.41) is 12.8. The van der Waals surface area contributed by atoms with Crippen molar-refractivity contribution in [2.24, 2.45) is 0 Å². The Hall–Kier alpha value is -1.92. The number of nitrogens with one attached hydrogen (secondary N) is 1. The van der Waals surface area contributed by atoms with Crippen LogP contribution in [0.25, 0.3) is 0 Å². The SMILES string of the molecule is COC(=O)CC(O)(NCc1ccccc1)C(=O)OC. The van der Waals surface area contributed by atoms with Gasteiger partial charge < -0.3 is 14.6 Å². The van der Waals surface area contributed by atoms with Gasteiger partial charge in [0.1, 0.15) is 0 Å². The molecule has 0 aliphatic heterocycles. The first-order valence-corrected chi connectivity index (χ1v) is 5.68. The average molecular weight is 267 g/mol. The van der Waals surface area contributed by atoms with Gasteiger partial charge in [-0.3, -0.25) is 10.1 Å². The molecule has 0 heterocycles. The largest absolute Gasteiger partial charge is 0.469 e. The van der Waals surface area contributed by atoms with Gasteiger partial charge in [0.05, 0.1) is 20.6 Å². The number of esters is 2. The Kier molecular flexibility index (Phi) is 5.47. The first-order chi connectivity index (χ1) is 9.01. The minimum Gasteiger partial charge on any atom is -0.469 e. The van der Waals surface area contributed by atoms with E-state index >= 15 is 0 Å². The van der Waals surface area contributed by atoms with Gasteiger partial charge >= 0.3 is 11.9 Å². The fourth-order valence-electron chi connectivity index (χ4n) is 1.50. The molecule has 0 radical (unpaired) electrons. The van der Waals surface area contributed by atoms with Crippen LogP contribution in [0.4, 0.5) is 0 Å². The van der Waals surface area contributed by atoms with Crippen molar-refractivity contribution in [3.8, 4) is 0 Å². The molecular formula is C13H17NO5. The fourth-order valence-corrected chi connectivity index (χ4v) is 1.50. The van der Waals surface area contributed by atoms with Crippen LogP contribution in [0.1, 0.15) is 12.0 Å². The Bertz CT molecular complexity index is 434. The summed E-state index contributed by atoms with van der Waals surface area (Å²) in [7, 11) is 2.31. The third-order valence-corrected chi connectivity index (χ3v) is 2.58. The molecule has 104 valence electrons. The van der Waals surface area contributed by atoms with Crippen LogP contribution < -0.4 is 5.32 Å². The van der Waals surface area contributed by atoms with E-state index in [4.69, 9.17) is 0 Å². The summed E-state index contributed by atoms with van der Waals surface area (Å²) >= 11 is 0. The lowest BCUT2D eigenvalue weighted by Gasteiger charge is -2.25. The van der Waals surface area contributed by atoms with Crippen LogP contribution in [0.2, 0.25) is 0 Å². The van der Waals surface area contributed by atoms with Crippen molar-refractivity contribution in [2.45, 2.75) is 18.7 Å². The normalized spacial score (nSPS) is 13.4. The van der Waals surface area contributed by atoms with E-state index in [1.807, 2.05) is 30.3 Å². The molecule has 0 bridgehead atoms. The van der Waals surface area contributed by atoms with E-state index in [-0.39, 0.29) is 6.54 Å². The lowest BCUT2D eigenvalue weighted by Crippen LogP contribution is -2.53. The van der Waals surface area contributed by atoms with Gasteiger partial charge in [0, 0.05) is 6.54 Å². The van der Waals surface area contributed by atoms with Crippen LogP contribution in [0, 0.1) is 0 Å². The lowest BCUT2D eigenvalue weighted by molar-refractivity contribution is -0.173. The zero-order valence-corrected chi connectivity index (χ0v) is 10.9. The van der Waals surface area contributed by atoms with E-state index in [0.29, 0.717) is 0 Å². The van der Waals surface area contributed by atoms with Crippen LogP contribution >= 0.6 is 0 Å². The Morgan fingerprint density at radius 2 is 1.84 bits per heavy atom. The van der Waals surface area contributed by atoms with Crippen molar-refractivity contribution in [1.82, 2.24) is 5.32 Å². The number of hydrogen-bond acceptors (Lipinski definition) is 6. The average Bonchev–Trinajstić information content (AvgIpc) is 2.45. The smallest absolute Gasteiger partial charge is 0.354 e. The molecule has 6 nitrogen and oxygen atoms in total. The third kappa shape index (κ3) is 4.35. The second-order valence-electron chi connectivity index (χ2n) is 3.94. The number of carbonyl (C=O) groups excluding carboxylic acids is 2. The van der Waals surface area contributed by atoms with Crippen LogP contribution in [0.5, 0.6) is 0 Å². The highest BCUT2D eigenvalue weighted by molar-refractivity contribution is 5.85. The van der Waals surface area contributed by atoms with Gasteiger partial charge in [-0.05, 0) is 5.56 Å². The van der Waals surface area contributed by atoms with E-state index in [1.54, 1.807) is 0 Å². The van der Waals surface area contributed by atoms with E-state index < -0.39 is 24.1 Å². The Labute approximate surface area is 111 Å². The number of aliphatic hydroxyl groups is 1. The minimum atomic E-state index is -2.10. The first-order valence-electron chi connectivity index (χ1n) is 5.68. The molecule has 0 aliphatic rings. The van der Waals surface area contributed by atoms with Crippen LogP contribution in [-0.4, -0.2) is 37.0 Å². The highest BCUT2D eigenvalue weighted by Gasteiger charge is 2.39. The molecule has 0 saturated heterocycles. The van der Waals surface area contributed by atoms with E-state index in [9.17, 15) is 14.7 Å². The van der Waals surface area contributed by atoms with Crippen molar-refractivity contribution < 1.29 is 24.2 Å². The summed E-state index contributed by atoms with van der Waals surface area (Å²) in [6, 6.07) is 9.15. The number of ether oxygens (including phenoxy) is 2. The molecule has 1 atom stereocenters. The van der Waals surface area contributed by atoms with Gasteiger partial charge in [-0.25, -0.2) is 4.79 Å². The summed E-state index contributed by atoms with van der Waals surface area (Å²) in [6.07, 6.45) is -0.525. The van der Waals surface area contributed by atoms with Gasteiger partial charge in [-0.1, -0.05) is 30.3 Å². The summed E-state index contributed by atoms with van der Waals surface area (Å²) < 4.78 is 8.94. The number of methoxy groups -OCH3 is 2. The Balaban J connectivity index is 2.74. The van der Waals surface area contributed by atoms with Crippen LogP contribution in [-0.2, 0) is 25.6 Å². The fraction of sp³-hybridized carbons (Fsp3) is 0.385. The van der Waals surface area contributed by atoms with Crippen molar-refractivity contribution >= 4 is 11.9 Å². The number of carbonyl (C=O) groups is 2. The standard InChI is InChI=1S/C13H17NO5/c1-18-11(15)8-13(17,12(16)19-2)14-9-10-6-4-3-5-7-10/h3-7,14,17H,8-9H2,1-2H3. The van der Waals surface area contributed by atoms with Crippen molar-refractivity contribution in [3.63, 3.8) is 0 Å².